The largest absolute Gasteiger partial charge is 0.506 e. The van der Waals surface area contributed by atoms with Crippen LogP contribution in [0.5, 0.6) is 0 Å². The Morgan fingerprint density at radius 2 is 2.09 bits per heavy atom. The molecule has 1 aromatic rings. The number of benzene rings is 1. The fraction of sp³-hybridized carbons (Fsp3) is 0.250. The molecule has 0 fully saturated rings. The number of nitrogens with zero attached hydrogens (tertiary/aromatic N) is 1. The second kappa shape index (κ2) is 4.33. The van der Waals surface area contributed by atoms with Crippen molar-refractivity contribution in [2.75, 3.05) is 19.0 Å². The number of halogens is 1. The van der Waals surface area contributed by atoms with E-state index in [1.54, 1.807) is 0 Å². The van der Waals surface area contributed by atoms with Crippen molar-refractivity contribution in [3.63, 3.8) is 0 Å². The number of rotatable bonds is 2. The predicted molar refractivity (Wildman–Crippen MR) is 55.1 cm³/mol. The summed E-state index contributed by atoms with van der Waals surface area (Å²) in [6.07, 6.45) is 0. The molecule has 0 radical (unpaired) electrons. The van der Waals surface area contributed by atoms with Gasteiger partial charge in [0.15, 0.2) is 0 Å². The first-order valence-electron chi connectivity index (χ1n) is 3.56. The van der Waals surface area contributed by atoms with E-state index in [2.05, 4.69) is 56.1 Å². The van der Waals surface area contributed by atoms with Gasteiger partial charge in [-0.05, 0) is 6.07 Å². The summed E-state index contributed by atoms with van der Waals surface area (Å²) in [6.45, 7) is 0. The molecule has 0 aliphatic rings. The van der Waals surface area contributed by atoms with Crippen LogP contribution in [0.15, 0.2) is 24.3 Å². The first kappa shape index (κ1) is 9.35. The third kappa shape index (κ3) is 2.65. The second-order valence-corrected chi connectivity index (χ2v) is 5.46. The molecule has 0 aromatic heterocycles. The lowest BCUT2D eigenvalue weighted by atomic mass is 10.3. The molecule has 3 heteroatoms. The monoisotopic (exact) mass is 223 g/mol. The maximum absolute atomic E-state index is 3.56. The van der Waals surface area contributed by atoms with Crippen LogP contribution in [0.25, 0.3) is 0 Å². The SMILES string of the molecule is CN(C)c1ccc[c]([Mg][Br])c1. The van der Waals surface area contributed by atoms with Gasteiger partial charge in [0.1, 0.15) is 0 Å². The molecule has 0 saturated heterocycles. The van der Waals surface area contributed by atoms with Crippen LogP contribution in [0, 0.1) is 0 Å². The molecule has 0 saturated carbocycles. The van der Waals surface area contributed by atoms with E-state index in [0.29, 0.717) is 0 Å². The highest BCUT2D eigenvalue weighted by Crippen LogP contribution is 2.06. The van der Waals surface area contributed by atoms with Crippen LogP contribution in [0.1, 0.15) is 0 Å². The minimum absolute atomic E-state index is 0.176. The van der Waals surface area contributed by atoms with Crippen LogP contribution in [0.4, 0.5) is 5.69 Å². The Labute approximate surface area is 83.4 Å². The summed E-state index contributed by atoms with van der Waals surface area (Å²) in [4.78, 5) is 2.13. The number of anilines is 1. The lowest BCUT2D eigenvalue weighted by Crippen LogP contribution is -2.14. The van der Waals surface area contributed by atoms with Crippen LogP contribution in [-0.2, 0) is 0 Å². The van der Waals surface area contributed by atoms with E-state index >= 15 is 0 Å². The molecule has 1 aromatic carbocycles. The maximum Gasteiger partial charge on any atom is 0.506 e. The Hall–Kier alpha value is 0.266. The topological polar surface area (TPSA) is 3.24 Å². The molecule has 0 aliphatic carbocycles. The van der Waals surface area contributed by atoms with Gasteiger partial charge in [0.05, 0.1) is 0 Å². The minimum atomic E-state index is -0.176. The van der Waals surface area contributed by atoms with Gasteiger partial charge in [-0.25, -0.2) is 0 Å². The van der Waals surface area contributed by atoms with Crippen molar-refractivity contribution in [2.24, 2.45) is 0 Å². The van der Waals surface area contributed by atoms with Crippen molar-refractivity contribution in [3.8, 4) is 0 Å². The number of hydrogen-bond acceptors (Lipinski definition) is 1. The van der Waals surface area contributed by atoms with Gasteiger partial charge in [-0.3, -0.25) is 12.9 Å². The van der Waals surface area contributed by atoms with Crippen LogP contribution < -0.4 is 8.59 Å². The van der Waals surface area contributed by atoms with Crippen molar-refractivity contribution in [2.45, 2.75) is 0 Å². The van der Waals surface area contributed by atoms with E-state index in [1.807, 2.05) is 0 Å². The van der Waals surface area contributed by atoms with Crippen LogP contribution in [-0.4, -0.2) is 32.3 Å². The van der Waals surface area contributed by atoms with Crippen LogP contribution in [0.3, 0.4) is 0 Å². The highest BCUT2D eigenvalue weighted by atomic mass is 79.9. The van der Waals surface area contributed by atoms with Gasteiger partial charge in [0, 0.05) is 19.8 Å². The average Bonchev–Trinajstić information content (AvgIpc) is 2.05. The Bertz CT molecular complexity index is 237. The molecular formula is C8H10BrMgN. The van der Waals surface area contributed by atoms with Gasteiger partial charge in [-0.1, -0.05) is 18.2 Å². The molecule has 0 N–H and O–H groups in total. The maximum atomic E-state index is 3.56. The highest BCUT2D eigenvalue weighted by Gasteiger charge is 1.97. The van der Waals surface area contributed by atoms with Crippen LogP contribution in [0.2, 0.25) is 0 Å². The van der Waals surface area contributed by atoms with Crippen molar-refractivity contribution in [1.82, 2.24) is 0 Å². The van der Waals surface area contributed by atoms with Gasteiger partial charge in [0.2, 0.25) is 0 Å². The van der Waals surface area contributed by atoms with Gasteiger partial charge in [-0.2, -0.15) is 0 Å². The van der Waals surface area contributed by atoms with Gasteiger partial charge in [0.25, 0.3) is 0 Å². The van der Waals surface area contributed by atoms with Crippen molar-refractivity contribution >= 4 is 40.5 Å². The summed E-state index contributed by atoms with van der Waals surface area (Å²) < 4.78 is 1.45. The van der Waals surface area contributed by atoms with E-state index in [4.69, 9.17) is 0 Å². The lowest BCUT2D eigenvalue weighted by molar-refractivity contribution is 1.13. The summed E-state index contributed by atoms with van der Waals surface area (Å²) in [5.74, 6) is 0. The molecule has 11 heavy (non-hydrogen) atoms. The van der Waals surface area contributed by atoms with E-state index in [-0.39, 0.29) is 18.2 Å². The molecule has 1 rings (SSSR count). The molecule has 1 nitrogen and oxygen atoms in total. The first-order chi connectivity index (χ1) is 5.24. The lowest BCUT2D eigenvalue weighted by Gasteiger charge is -2.12. The normalized spacial score (nSPS) is 9.00. The zero-order valence-corrected chi connectivity index (χ0v) is 9.84. The summed E-state index contributed by atoms with van der Waals surface area (Å²) >= 11 is 3.38. The Balaban J connectivity index is 2.91. The van der Waals surface area contributed by atoms with Gasteiger partial charge >= 0.3 is 18.2 Å². The molecule has 56 valence electrons. The molecule has 0 heterocycles. The number of hydrogen-bond donors (Lipinski definition) is 0. The van der Waals surface area contributed by atoms with Gasteiger partial charge in [-0.15, -0.1) is 3.69 Å². The highest BCUT2D eigenvalue weighted by molar-refractivity contribution is 9.23. The van der Waals surface area contributed by atoms with Gasteiger partial charge < -0.3 is 4.90 Å². The predicted octanol–water partition coefficient (Wildman–Crippen LogP) is 1.39. The minimum Gasteiger partial charge on any atom is -0.378 e. The molecule has 0 atom stereocenters. The molecule has 0 amide bonds. The zero-order valence-electron chi connectivity index (χ0n) is 6.84. The fourth-order valence-corrected chi connectivity index (χ4v) is 2.48. The third-order valence-corrected chi connectivity index (χ3v) is 4.27. The van der Waals surface area contributed by atoms with Crippen molar-refractivity contribution in [1.29, 1.82) is 0 Å². The van der Waals surface area contributed by atoms with Crippen molar-refractivity contribution in [3.05, 3.63) is 24.3 Å². The molecular weight excluding hydrogens is 214 g/mol. The quantitative estimate of drug-likeness (QED) is 0.686. The van der Waals surface area contributed by atoms with E-state index in [9.17, 15) is 0 Å². The van der Waals surface area contributed by atoms with E-state index in [0.717, 1.165) is 0 Å². The molecule has 0 unspecified atom stereocenters. The first-order valence-corrected chi connectivity index (χ1v) is 8.17. The zero-order chi connectivity index (χ0) is 8.27. The average molecular weight is 224 g/mol. The Morgan fingerprint density at radius 3 is 2.64 bits per heavy atom. The molecule has 0 spiro atoms. The summed E-state index contributed by atoms with van der Waals surface area (Å²) in [6, 6.07) is 8.65. The van der Waals surface area contributed by atoms with E-state index in [1.165, 1.54) is 9.38 Å². The fourth-order valence-electron chi connectivity index (χ4n) is 0.918. The molecule has 0 bridgehead atoms. The smallest absolute Gasteiger partial charge is 0.378 e. The third-order valence-electron chi connectivity index (χ3n) is 1.58. The second-order valence-electron chi connectivity index (χ2n) is 2.70. The summed E-state index contributed by atoms with van der Waals surface area (Å²) in [5, 5.41) is 0. The summed E-state index contributed by atoms with van der Waals surface area (Å²) in [7, 11) is 4.13. The molecule has 0 aliphatic heterocycles. The van der Waals surface area contributed by atoms with Crippen LogP contribution >= 0.6 is 12.9 Å². The van der Waals surface area contributed by atoms with E-state index < -0.39 is 0 Å². The summed E-state index contributed by atoms with van der Waals surface area (Å²) in [5.41, 5.74) is 1.29. The van der Waals surface area contributed by atoms with Crippen molar-refractivity contribution < 1.29 is 0 Å². The Morgan fingerprint density at radius 1 is 1.36 bits per heavy atom. The standard InChI is InChI=1S/C8H10N.BrH.Mg/c1-9(2)8-6-4-3-5-7-8;;/h3-4,6-7H,1-2H3;1H;/q;;+1/p-1. The Kier molecular flexibility index (Phi) is 3.68.